The number of nitrogens with one attached hydrogen (secondary N) is 1. The van der Waals surface area contributed by atoms with E-state index >= 15 is 0 Å². The van der Waals surface area contributed by atoms with Gasteiger partial charge in [-0.05, 0) is 6.42 Å². The summed E-state index contributed by atoms with van der Waals surface area (Å²) >= 11 is 0. The van der Waals surface area contributed by atoms with E-state index in [1.165, 1.54) is 7.11 Å². The van der Waals surface area contributed by atoms with E-state index in [-0.39, 0.29) is 6.61 Å². The molecule has 0 spiro atoms. The number of carbonyl (C=O) groups is 1. The second-order valence-electron chi connectivity index (χ2n) is 2.53. The highest BCUT2D eigenvalue weighted by Crippen LogP contribution is 2.14. The van der Waals surface area contributed by atoms with E-state index in [1.54, 1.807) is 6.92 Å². The number of methoxy groups -OCH3 is 1. The lowest BCUT2D eigenvalue weighted by atomic mass is 10.2. The van der Waals surface area contributed by atoms with Crippen LogP contribution in [0.5, 0.6) is 0 Å². The van der Waals surface area contributed by atoms with Gasteiger partial charge in [0.15, 0.2) is 0 Å². The van der Waals surface area contributed by atoms with Crippen molar-refractivity contribution in [2.75, 3.05) is 13.7 Å². The largest absolute Gasteiger partial charge is 0.471 e. The standard InChI is InChI=1S/C7H12F3NO2/c1-3-5(4-13-2)11-6(12)7(8,9)10/h5H,3-4H2,1-2H3,(H,11,12). The number of amides is 1. The van der Waals surface area contributed by atoms with Gasteiger partial charge < -0.3 is 10.1 Å². The van der Waals surface area contributed by atoms with Gasteiger partial charge in [-0.2, -0.15) is 13.2 Å². The first-order valence-corrected chi connectivity index (χ1v) is 3.78. The van der Waals surface area contributed by atoms with E-state index in [0.717, 1.165) is 0 Å². The minimum absolute atomic E-state index is 0.0817. The molecule has 0 aliphatic rings. The van der Waals surface area contributed by atoms with Gasteiger partial charge in [0.25, 0.3) is 0 Å². The minimum Gasteiger partial charge on any atom is -0.383 e. The summed E-state index contributed by atoms with van der Waals surface area (Å²) in [7, 11) is 1.36. The third kappa shape index (κ3) is 4.72. The van der Waals surface area contributed by atoms with Crippen molar-refractivity contribution in [2.24, 2.45) is 0 Å². The Morgan fingerprint density at radius 2 is 2.08 bits per heavy atom. The van der Waals surface area contributed by atoms with Crippen LogP contribution < -0.4 is 5.32 Å². The van der Waals surface area contributed by atoms with Gasteiger partial charge in [-0.25, -0.2) is 0 Å². The first-order chi connectivity index (χ1) is 5.91. The van der Waals surface area contributed by atoms with E-state index in [0.29, 0.717) is 6.42 Å². The van der Waals surface area contributed by atoms with Crippen molar-refractivity contribution >= 4 is 5.91 Å². The van der Waals surface area contributed by atoms with Crippen LogP contribution in [0.3, 0.4) is 0 Å². The second kappa shape index (κ2) is 5.06. The first kappa shape index (κ1) is 12.2. The van der Waals surface area contributed by atoms with Crippen LogP contribution in [0.4, 0.5) is 13.2 Å². The van der Waals surface area contributed by atoms with Crippen LogP contribution in [0, 0.1) is 0 Å². The summed E-state index contributed by atoms with van der Waals surface area (Å²) in [5.74, 6) is -1.92. The van der Waals surface area contributed by atoms with Crippen molar-refractivity contribution in [3.8, 4) is 0 Å². The number of ether oxygens (including phenoxy) is 1. The molecule has 0 aromatic heterocycles. The second-order valence-corrected chi connectivity index (χ2v) is 2.53. The predicted molar refractivity (Wildman–Crippen MR) is 40.2 cm³/mol. The molecule has 0 radical (unpaired) electrons. The summed E-state index contributed by atoms with van der Waals surface area (Å²) < 4.78 is 39.8. The molecule has 13 heavy (non-hydrogen) atoms. The van der Waals surface area contributed by atoms with Crippen LogP contribution in [0.25, 0.3) is 0 Å². The molecule has 1 amide bonds. The highest BCUT2D eigenvalue weighted by atomic mass is 19.4. The lowest BCUT2D eigenvalue weighted by molar-refractivity contribution is -0.174. The summed E-state index contributed by atoms with van der Waals surface area (Å²) in [6.07, 6.45) is -4.42. The summed E-state index contributed by atoms with van der Waals surface area (Å²) in [6, 6.07) is -0.584. The van der Waals surface area contributed by atoms with E-state index < -0.39 is 18.1 Å². The van der Waals surface area contributed by atoms with E-state index in [1.807, 2.05) is 5.32 Å². The molecular weight excluding hydrogens is 187 g/mol. The third-order valence-corrected chi connectivity index (χ3v) is 1.45. The molecular formula is C7H12F3NO2. The van der Waals surface area contributed by atoms with Gasteiger partial charge in [0.05, 0.1) is 12.6 Å². The minimum atomic E-state index is -4.82. The Morgan fingerprint density at radius 1 is 1.54 bits per heavy atom. The van der Waals surface area contributed by atoms with Crippen LogP contribution in [0.2, 0.25) is 0 Å². The monoisotopic (exact) mass is 199 g/mol. The summed E-state index contributed by atoms with van der Waals surface area (Å²) in [4.78, 5) is 10.4. The average Bonchev–Trinajstić information content (AvgIpc) is 2.01. The molecule has 1 N–H and O–H groups in total. The molecule has 0 fully saturated rings. The van der Waals surface area contributed by atoms with E-state index in [4.69, 9.17) is 0 Å². The maximum atomic E-state index is 11.7. The molecule has 0 heterocycles. The van der Waals surface area contributed by atoms with Crippen LogP contribution >= 0.6 is 0 Å². The fraction of sp³-hybridized carbons (Fsp3) is 0.857. The number of alkyl halides is 3. The molecule has 1 atom stereocenters. The Hall–Kier alpha value is -0.780. The van der Waals surface area contributed by atoms with Gasteiger partial charge >= 0.3 is 12.1 Å². The van der Waals surface area contributed by atoms with Crippen LogP contribution in [-0.4, -0.2) is 31.8 Å². The van der Waals surface area contributed by atoms with Crippen molar-refractivity contribution in [2.45, 2.75) is 25.6 Å². The van der Waals surface area contributed by atoms with Crippen molar-refractivity contribution in [3.05, 3.63) is 0 Å². The Bertz CT molecular complexity index is 170. The first-order valence-electron chi connectivity index (χ1n) is 3.78. The molecule has 3 nitrogen and oxygen atoms in total. The third-order valence-electron chi connectivity index (χ3n) is 1.45. The summed E-state index contributed by atoms with van der Waals surface area (Å²) in [6.45, 7) is 1.75. The van der Waals surface area contributed by atoms with Crippen LogP contribution in [0.15, 0.2) is 0 Å². The SMILES string of the molecule is CCC(COC)NC(=O)C(F)(F)F. The molecule has 0 aliphatic heterocycles. The topological polar surface area (TPSA) is 38.3 Å². The Kier molecular flexibility index (Phi) is 4.76. The predicted octanol–water partition coefficient (Wildman–Crippen LogP) is 1.09. The van der Waals surface area contributed by atoms with Crippen LogP contribution in [0.1, 0.15) is 13.3 Å². The molecule has 0 aromatic rings. The number of hydrogen-bond acceptors (Lipinski definition) is 2. The maximum Gasteiger partial charge on any atom is 0.471 e. The summed E-state index contributed by atoms with van der Waals surface area (Å²) in [5, 5.41) is 1.82. The zero-order valence-corrected chi connectivity index (χ0v) is 7.44. The molecule has 0 saturated carbocycles. The van der Waals surface area contributed by atoms with Crippen molar-refractivity contribution in [1.82, 2.24) is 5.32 Å². The van der Waals surface area contributed by atoms with Gasteiger partial charge in [-0.3, -0.25) is 4.79 Å². The highest BCUT2D eigenvalue weighted by Gasteiger charge is 2.39. The average molecular weight is 199 g/mol. The fourth-order valence-corrected chi connectivity index (χ4v) is 0.730. The van der Waals surface area contributed by atoms with E-state index in [2.05, 4.69) is 4.74 Å². The Balaban J connectivity index is 4.01. The molecule has 0 rings (SSSR count). The van der Waals surface area contributed by atoms with Crippen LogP contribution in [-0.2, 0) is 9.53 Å². The van der Waals surface area contributed by atoms with Gasteiger partial charge in [0.2, 0.25) is 0 Å². The number of halogens is 3. The Morgan fingerprint density at radius 3 is 2.38 bits per heavy atom. The summed E-state index contributed by atoms with van der Waals surface area (Å²) in [5.41, 5.74) is 0. The lowest BCUT2D eigenvalue weighted by Gasteiger charge is -2.16. The van der Waals surface area contributed by atoms with Crippen molar-refractivity contribution in [3.63, 3.8) is 0 Å². The zero-order valence-electron chi connectivity index (χ0n) is 7.44. The fourth-order valence-electron chi connectivity index (χ4n) is 0.730. The molecule has 0 aliphatic carbocycles. The Labute approximate surface area is 74.3 Å². The van der Waals surface area contributed by atoms with Crippen molar-refractivity contribution in [1.29, 1.82) is 0 Å². The van der Waals surface area contributed by atoms with Gasteiger partial charge in [-0.15, -0.1) is 0 Å². The molecule has 0 bridgehead atoms. The lowest BCUT2D eigenvalue weighted by Crippen LogP contribution is -2.44. The maximum absolute atomic E-state index is 11.7. The molecule has 1 unspecified atom stereocenters. The highest BCUT2D eigenvalue weighted by molar-refractivity contribution is 5.81. The van der Waals surface area contributed by atoms with Crippen molar-refractivity contribution < 1.29 is 22.7 Å². The normalized spacial score (nSPS) is 13.9. The zero-order chi connectivity index (χ0) is 10.5. The number of hydrogen-bond donors (Lipinski definition) is 1. The number of rotatable bonds is 4. The molecule has 6 heteroatoms. The smallest absolute Gasteiger partial charge is 0.383 e. The molecule has 0 saturated heterocycles. The van der Waals surface area contributed by atoms with Gasteiger partial charge in [-0.1, -0.05) is 6.92 Å². The molecule has 0 aromatic carbocycles. The number of carbonyl (C=O) groups excluding carboxylic acids is 1. The van der Waals surface area contributed by atoms with Gasteiger partial charge in [0, 0.05) is 7.11 Å². The molecule has 78 valence electrons. The van der Waals surface area contributed by atoms with E-state index in [9.17, 15) is 18.0 Å². The quantitative estimate of drug-likeness (QED) is 0.736. The van der Waals surface area contributed by atoms with Gasteiger partial charge in [0.1, 0.15) is 0 Å².